The molecule has 0 aliphatic heterocycles. The second-order valence-corrected chi connectivity index (χ2v) is 6.26. The molecule has 1 unspecified atom stereocenters. The van der Waals surface area contributed by atoms with E-state index < -0.39 is 0 Å². The van der Waals surface area contributed by atoms with Gasteiger partial charge >= 0.3 is 0 Å². The minimum absolute atomic E-state index is 0.0262. The molecule has 24 heavy (non-hydrogen) atoms. The predicted octanol–water partition coefficient (Wildman–Crippen LogP) is -1.01. The second-order valence-electron chi connectivity index (χ2n) is 6.26. The standard InChI is InChI=1S/C17H26N4O3/c1-13-6-8-14(9-7-13)18-15(22)10-21(5)17(24)12-20(4)11-16(23)19(2)3/h6-9H,10-12H2,1-5H3,(H,18,22)/p+1. The number of hydrogen-bond acceptors (Lipinski definition) is 3. The van der Waals surface area contributed by atoms with Gasteiger partial charge in [0.25, 0.3) is 11.8 Å². The summed E-state index contributed by atoms with van der Waals surface area (Å²) in [5, 5.41) is 2.75. The van der Waals surface area contributed by atoms with Crippen LogP contribution >= 0.6 is 0 Å². The van der Waals surface area contributed by atoms with Gasteiger partial charge in [-0.05, 0) is 19.1 Å². The maximum Gasteiger partial charge on any atom is 0.277 e. The van der Waals surface area contributed by atoms with Crippen molar-refractivity contribution in [3.8, 4) is 0 Å². The number of nitrogens with one attached hydrogen (secondary N) is 2. The zero-order valence-electron chi connectivity index (χ0n) is 15.0. The molecule has 0 heterocycles. The van der Waals surface area contributed by atoms with Crippen molar-refractivity contribution < 1.29 is 19.3 Å². The van der Waals surface area contributed by atoms with Crippen LogP contribution in [-0.4, -0.2) is 75.3 Å². The van der Waals surface area contributed by atoms with Crippen molar-refractivity contribution in [2.24, 2.45) is 0 Å². The van der Waals surface area contributed by atoms with E-state index in [9.17, 15) is 14.4 Å². The van der Waals surface area contributed by atoms with E-state index in [2.05, 4.69) is 5.32 Å². The highest BCUT2D eigenvalue weighted by Gasteiger charge is 2.19. The summed E-state index contributed by atoms with van der Waals surface area (Å²) in [4.78, 5) is 39.4. The lowest BCUT2D eigenvalue weighted by atomic mass is 10.2. The zero-order chi connectivity index (χ0) is 18.3. The van der Waals surface area contributed by atoms with Crippen LogP contribution in [0.5, 0.6) is 0 Å². The molecule has 0 saturated carbocycles. The Morgan fingerprint density at radius 1 is 1.00 bits per heavy atom. The van der Waals surface area contributed by atoms with Crippen LogP contribution in [0, 0.1) is 6.92 Å². The van der Waals surface area contributed by atoms with Crippen LogP contribution in [0.4, 0.5) is 5.69 Å². The molecule has 0 aliphatic rings. The lowest BCUT2D eigenvalue weighted by Gasteiger charge is -2.20. The molecule has 0 radical (unpaired) electrons. The molecule has 1 aromatic rings. The molecule has 132 valence electrons. The predicted molar refractivity (Wildman–Crippen MR) is 92.8 cm³/mol. The van der Waals surface area contributed by atoms with Gasteiger partial charge in [0.1, 0.15) is 0 Å². The average molecular weight is 335 g/mol. The van der Waals surface area contributed by atoms with Gasteiger partial charge in [0.15, 0.2) is 13.1 Å². The van der Waals surface area contributed by atoms with Crippen LogP contribution in [0.3, 0.4) is 0 Å². The third-order valence-corrected chi connectivity index (χ3v) is 3.55. The fourth-order valence-electron chi connectivity index (χ4n) is 2.01. The molecular weight excluding hydrogens is 308 g/mol. The number of carbonyl (C=O) groups is 3. The van der Waals surface area contributed by atoms with E-state index in [4.69, 9.17) is 0 Å². The van der Waals surface area contributed by atoms with Crippen LogP contribution in [0.1, 0.15) is 5.56 Å². The molecule has 7 nitrogen and oxygen atoms in total. The van der Waals surface area contributed by atoms with Crippen molar-refractivity contribution in [3.05, 3.63) is 29.8 Å². The van der Waals surface area contributed by atoms with Gasteiger partial charge in [-0.2, -0.15) is 0 Å². The highest BCUT2D eigenvalue weighted by molar-refractivity contribution is 5.94. The van der Waals surface area contributed by atoms with Gasteiger partial charge < -0.3 is 20.0 Å². The highest BCUT2D eigenvalue weighted by Crippen LogP contribution is 2.08. The summed E-state index contributed by atoms with van der Waals surface area (Å²) in [6.45, 7) is 2.34. The fraction of sp³-hybridized carbons (Fsp3) is 0.471. The number of quaternary nitrogens is 1. The zero-order valence-corrected chi connectivity index (χ0v) is 15.0. The van der Waals surface area contributed by atoms with E-state index in [-0.39, 0.29) is 37.4 Å². The number of nitrogens with zero attached hydrogens (tertiary/aromatic N) is 2. The van der Waals surface area contributed by atoms with Crippen LogP contribution < -0.4 is 10.2 Å². The van der Waals surface area contributed by atoms with E-state index in [1.807, 2.05) is 31.2 Å². The van der Waals surface area contributed by atoms with Crippen LogP contribution in [-0.2, 0) is 14.4 Å². The van der Waals surface area contributed by atoms with Gasteiger partial charge in [-0.25, -0.2) is 0 Å². The van der Waals surface area contributed by atoms with Gasteiger partial charge in [-0.15, -0.1) is 0 Å². The highest BCUT2D eigenvalue weighted by atomic mass is 16.2. The summed E-state index contributed by atoms with van der Waals surface area (Å²) < 4.78 is 0. The molecule has 1 aromatic carbocycles. The van der Waals surface area contributed by atoms with Gasteiger partial charge in [0, 0.05) is 26.8 Å². The van der Waals surface area contributed by atoms with Gasteiger partial charge in [-0.3, -0.25) is 14.4 Å². The van der Waals surface area contributed by atoms with Crippen molar-refractivity contribution in [1.29, 1.82) is 0 Å². The Balaban J connectivity index is 2.43. The summed E-state index contributed by atoms with van der Waals surface area (Å²) in [5.41, 5.74) is 1.81. The number of carbonyl (C=O) groups excluding carboxylic acids is 3. The molecular formula is C17H27N4O3+. The molecule has 2 N–H and O–H groups in total. The Bertz CT molecular complexity index is 584. The third kappa shape index (κ3) is 6.78. The Hall–Kier alpha value is -2.41. The van der Waals surface area contributed by atoms with E-state index >= 15 is 0 Å². The fourth-order valence-corrected chi connectivity index (χ4v) is 2.01. The number of rotatable bonds is 7. The molecule has 1 atom stereocenters. The van der Waals surface area contributed by atoms with E-state index in [1.54, 1.807) is 28.2 Å². The topological polar surface area (TPSA) is 74.2 Å². The van der Waals surface area contributed by atoms with E-state index in [0.29, 0.717) is 5.69 Å². The number of amides is 3. The van der Waals surface area contributed by atoms with Crippen molar-refractivity contribution >= 4 is 23.4 Å². The van der Waals surface area contributed by atoms with Crippen molar-refractivity contribution in [2.45, 2.75) is 6.92 Å². The first-order valence-corrected chi connectivity index (χ1v) is 7.81. The Morgan fingerprint density at radius 3 is 2.08 bits per heavy atom. The largest absolute Gasteiger partial charge is 0.344 e. The van der Waals surface area contributed by atoms with Crippen LogP contribution in [0.25, 0.3) is 0 Å². The van der Waals surface area contributed by atoms with Gasteiger partial charge in [-0.1, -0.05) is 17.7 Å². The summed E-state index contributed by atoms with van der Waals surface area (Å²) in [6.07, 6.45) is 0. The van der Waals surface area contributed by atoms with Crippen LogP contribution in [0.2, 0.25) is 0 Å². The minimum atomic E-state index is -0.253. The molecule has 0 spiro atoms. The number of aryl methyl sites for hydroxylation is 1. The van der Waals surface area contributed by atoms with Gasteiger partial charge in [0.05, 0.1) is 13.6 Å². The Morgan fingerprint density at radius 2 is 1.54 bits per heavy atom. The van der Waals surface area contributed by atoms with Crippen molar-refractivity contribution in [1.82, 2.24) is 9.80 Å². The summed E-state index contributed by atoms with van der Waals surface area (Å²) >= 11 is 0. The SMILES string of the molecule is Cc1ccc(NC(=O)CN(C)C(=O)C[NH+](C)CC(=O)N(C)C)cc1. The number of likely N-dealkylation sites (N-methyl/N-ethyl adjacent to an activating group) is 3. The van der Waals surface area contributed by atoms with Gasteiger partial charge in [0.2, 0.25) is 5.91 Å². The summed E-state index contributed by atoms with van der Waals surface area (Å²) in [7, 11) is 6.72. The Labute approximate surface area is 143 Å². The molecule has 0 fully saturated rings. The monoisotopic (exact) mass is 335 g/mol. The van der Waals surface area contributed by atoms with Crippen molar-refractivity contribution in [2.75, 3.05) is 53.1 Å². The normalized spacial score (nSPS) is 11.5. The smallest absolute Gasteiger partial charge is 0.277 e. The maximum absolute atomic E-state index is 12.1. The quantitative estimate of drug-likeness (QED) is 0.671. The van der Waals surface area contributed by atoms with Crippen molar-refractivity contribution in [3.63, 3.8) is 0 Å². The second kappa shape index (κ2) is 9.02. The van der Waals surface area contributed by atoms with E-state index in [1.165, 1.54) is 9.80 Å². The average Bonchev–Trinajstić information content (AvgIpc) is 2.49. The first kappa shape index (κ1) is 19.6. The first-order valence-electron chi connectivity index (χ1n) is 7.81. The first-order chi connectivity index (χ1) is 11.2. The molecule has 0 aromatic heterocycles. The lowest BCUT2D eigenvalue weighted by Crippen LogP contribution is -3.11. The minimum Gasteiger partial charge on any atom is -0.344 e. The Kier molecular flexibility index (Phi) is 7.38. The van der Waals surface area contributed by atoms with E-state index in [0.717, 1.165) is 10.5 Å². The lowest BCUT2D eigenvalue weighted by molar-refractivity contribution is -0.863. The number of hydrogen-bond donors (Lipinski definition) is 2. The summed E-state index contributed by atoms with van der Waals surface area (Å²) in [5.74, 6) is -0.477. The number of anilines is 1. The molecule has 0 saturated heterocycles. The molecule has 1 rings (SSSR count). The molecule has 7 heteroatoms. The molecule has 0 aliphatic carbocycles. The molecule has 0 bridgehead atoms. The maximum atomic E-state index is 12.1. The number of benzene rings is 1. The summed E-state index contributed by atoms with van der Waals surface area (Å²) in [6, 6.07) is 7.45. The molecule has 3 amide bonds. The van der Waals surface area contributed by atoms with Crippen LogP contribution in [0.15, 0.2) is 24.3 Å². The third-order valence-electron chi connectivity index (χ3n) is 3.55.